The maximum absolute atomic E-state index is 12.0. The number of anilines is 1. The molecule has 110 valence electrons. The number of hydrogen-bond donors (Lipinski definition) is 2. The Bertz CT molecular complexity index is 432. The molecule has 1 aliphatic carbocycles. The van der Waals surface area contributed by atoms with Gasteiger partial charge in [0.2, 0.25) is 0 Å². The minimum absolute atomic E-state index is 0.127. The van der Waals surface area contributed by atoms with Crippen LogP contribution in [-0.2, 0) is 0 Å². The molecule has 1 heterocycles. The Hall–Kier alpha value is -1.65. The molecule has 0 aliphatic heterocycles. The normalized spacial score (nSPS) is 22.3. The van der Waals surface area contributed by atoms with E-state index in [0.29, 0.717) is 23.3 Å². The Morgan fingerprint density at radius 2 is 2.10 bits per heavy atom. The maximum Gasteiger partial charge on any atom is 0.271 e. The van der Waals surface area contributed by atoms with Crippen LogP contribution in [0.15, 0.2) is 12.4 Å². The second-order valence-electron chi connectivity index (χ2n) is 5.55. The highest BCUT2D eigenvalue weighted by molar-refractivity contribution is 5.91. The second kappa shape index (κ2) is 7.22. The van der Waals surface area contributed by atoms with Crippen LogP contribution in [-0.4, -0.2) is 29.0 Å². The van der Waals surface area contributed by atoms with E-state index in [-0.39, 0.29) is 5.91 Å². The van der Waals surface area contributed by atoms with Crippen molar-refractivity contribution in [2.45, 2.75) is 39.5 Å². The summed E-state index contributed by atoms with van der Waals surface area (Å²) >= 11 is 0. The van der Waals surface area contributed by atoms with Crippen LogP contribution in [0.2, 0.25) is 0 Å². The highest BCUT2D eigenvalue weighted by atomic mass is 16.1. The zero-order valence-electron chi connectivity index (χ0n) is 12.4. The number of nitrogens with one attached hydrogen (secondary N) is 2. The lowest BCUT2D eigenvalue weighted by molar-refractivity contribution is 0.0931. The summed E-state index contributed by atoms with van der Waals surface area (Å²) in [5, 5.41) is 6.05. The first-order chi connectivity index (χ1) is 9.70. The first-order valence-electron chi connectivity index (χ1n) is 7.54. The van der Waals surface area contributed by atoms with Crippen molar-refractivity contribution in [1.82, 2.24) is 15.3 Å². The van der Waals surface area contributed by atoms with Crippen molar-refractivity contribution >= 4 is 11.7 Å². The van der Waals surface area contributed by atoms with Crippen LogP contribution in [0.4, 0.5) is 5.82 Å². The molecule has 0 aromatic carbocycles. The minimum atomic E-state index is -0.127. The van der Waals surface area contributed by atoms with Gasteiger partial charge in [0.25, 0.3) is 5.91 Å². The lowest BCUT2D eigenvalue weighted by atomic mass is 9.80. The first-order valence-corrected chi connectivity index (χ1v) is 7.54. The predicted molar refractivity (Wildman–Crippen MR) is 79.7 cm³/mol. The Morgan fingerprint density at radius 3 is 2.75 bits per heavy atom. The van der Waals surface area contributed by atoms with E-state index >= 15 is 0 Å². The van der Waals surface area contributed by atoms with Crippen LogP contribution in [0.5, 0.6) is 0 Å². The van der Waals surface area contributed by atoms with Crippen molar-refractivity contribution < 1.29 is 4.79 Å². The molecular formula is C15H24N4O. The van der Waals surface area contributed by atoms with Crippen molar-refractivity contribution in [2.24, 2.45) is 11.8 Å². The van der Waals surface area contributed by atoms with Gasteiger partial charge in [-0.1, -0.05) is 26.2 Å². The number of carbonyl (C=O) groups excluding carboxylic acids is 1. The third-order valence-electron chi connectivity index (χ3n) is 4.06. The average molecular weight is 276 g/mol. The van der Waals surface area contributed by atoms with Crippen LogP contribution in [0.1, 0.15) is 50.0 Å². The molecule has 2 N–H and O–H groups in total. The molecule has 1 amide bonds. The number of hydrogen-bond acceptors (Lipinski definition) is 4. The smallest absolute Gasteiger partial charge is 0.271 e. The minimum Gasteiger partial charge on any atom is -0.369 e. The molecule has 2 rings (SSSR count). The van der Waals surface area contributed by atoms with Crippen LogP contribution in [0, 0.1) is 11.8 Å². The summed E-state index contributed by atoms with van der Waals surface area (Å²) in [4.78, 5) is 20.3. The molecule has 0 spiro atoms. The van der Waals surface area contributed by atoms with Gasteiger partial charge in [0, 0.05) is 13.1 Å². The summed E-state index contributed by atoms with van der Waals surface area (Å²) in [6.45, 7) is 5.81. The Morgan fingerprint density at radius 1 is 1.30 bits per heavy atom. The summed E-state index contributed by atoms with van der Waals surface area (Å²) in [5.74, 6) is 1.87. The number of amides is 1. The molecule has 5 heteroatoms. The molecule has 1 aromatic rings. The molecular weight excluding hydrogens is 252 g/mol. The van der Waals surface area contributed by atoms with Crippen molar-refractivity contribution in [1.29, 1.82) is 0 Å². The van der Waals surface area contributed by atoms with Crippen molar-refractivity contribution in [3.8, 4) is 0 Å². The van der Waals surface area contributed by atoms with Gasteiger partial charge in [0.15, 0.2) is 0 Å². The largest absolute Gasteiger partial charge is 0.369 e. The lowest BCUT2D eigenvalue weighted by Crippen LogP contribution is -2.33. The van der Waals surface area contributed by atoms with Gasteiger partial charge in [-0.3, -0.25) is 4.79 Å². The third kappa shape index (κ3) is 3.92. The Balaban J connectivity index is 1.84. The quantitative estimate of drug-likeness (QED) is 0.867. The molecule has 0 radical (unpaired) electrons. The number of rotatable bonds is 5. The summed E-state index contributed by atoms with van der Waals surface area (Å²) in [6, 6.07) is 0. The van der Waals surface area contributed by atoms with E-state index in [0.717, 1.165) is 13.1 Å². The first kappa shape index (κ1) is 14.8. The molecule has 1 saturated carbocycles. The zero-order valence-corrected chi connectivity index (χ0v) is 12.4. The summed E-state index contributed by atoms with van der Waals surface area (Å²) in [7, 11) is 0. The van der Waals surface area contributed by atoms with Gasteiger partial charge in [-0.25, -0.2) is 9.97 Å². The monoisotopic (exact) mass is 276 g/mol. The van der Waals surface area contributed by atoms with E-state index in [9.17, 15) is 4.79 Å². The number of carbonyl (C=O) groups is 1. The molecule has 2 atom stereocenters. The zero-order chi connectivity index (χ0) is 14.4. The molecule has 0 saturated heterocycles. The summed E-state index contributed by atoms with van der Waals surface area (Å²) < 4.78 is 0. The van der Waals surface area contributed by atoms with Crippen molar-refractivity contribution in [3.63, 3.8) is 0 Å². The summed E-state index contributed by atoms with van der Waals surface area (Å²) in [5.41, 5.74) is 0.384. The molecule has 1 aromatic heterocycles. The SMILES string of the molecule is CCNc1cnc(C(=O)NCC2CCCCC2C)cn1. The average Bonchev–Trinajstić information content (AvgIpc) is 2.47. The summed E-state index contributed by atoms with van der Waals surface area (Å²) in [6.07, 6.45) is 8.22. The van der Waals surface area contributed by atoms with Crippen LogP contribution >= 0.6 is 0 Å². The van der Waals surface area contributed by atoms with Gasteiger partial charge in [-0.2, -0.15) is 0 Å². The van der Waals surface area contributed by atoms with Crippen LogP contribution < -0.4 is 10.6 Å². The fourth-order valence-corrected chi connectivity index (χ4v) is 2.73. The van der Waals surface area contributed by atoms with Gasteiger partial charge in [-0.15, -0.1) is 0 Å². The van der Waals surface area contributed by atoms with E-state index in [2.05, 4.69) is 27.5 Å². The highest BCUT2D eigenvalue weighted by Crippen LogP contribution is 2.28. The molecule has 20 heavy (non-hydrogen) atoms. The van der Waals surface area contributed by atoms with Gasteiger partial charge in [-0.05, 0) is 25.2 Å². The Labute approximate surface area is 120 Å². The Kier molecular flexibility index (Phi) is 5.32. The predicted octanol–water partition coefficient (Wildman–Crippen LogP) is 2.46. The van der Waals surface area contributed by atoms with Gasteiger partial charge < -0.3 is 10.6 Å². The number of nitrogens with zero attached hydrogens (tertiary/aromatic N) is 2. The fourth-order valence-electron chi connectivity index (χ4n) is 2.73. The van der Waals surface area contributed by atoms with Crippen LogP contribution in [0.3, 0.4) is 0 Å². The van der Waals surface area contributed by atoms with E-state index in [4.69, 9.17) is 0 Å². The van der Waals surface area contributed by atoms with E-state index in [1.165, 1.54) is 31.9 Å². The molecule has 1 aliphatic rings. The third-order valence-corrected chi connectivity index (χ3v) is 4.06. The van der Waals surface area contributed by atoms with Crippen molar-refractivity contribution in [3.05, 3.63) is 18.1 Å². The van der Waals surface area contributed by atoms with E-state index < -0.39 is 0 Å². The number of aromatic nitrogens is 2. The molecule has 2 unspecified atom stereocenters. The maximum atomic E-state index is 12.0. The van der Waals surface area contributed by atoms with Crippen LogP contribution in [0.25, 0.3) is 0 Å². The lowest BCUT2D eigenvalue weighted by Gasteiger charge is -2.28. The van der Waals surface area contributed by atoms with E-state index in [1.807, 2.05) is 6.92 Å². The van der Waals surface area contributed by atoms with E-state index in [1.54, 1.807) is 6.20 Å². The fraction of sp³-hybridized carbons (Fsp3) is 0.667. The molecule has 0 bridgehead atoms. The van der Waals surface area contributed by atoms with Crippen molar-refractivity contribution in [2.75, 3.05) is 18.4 Å². The standard InChI is InChI=1S/C15H24N4O/c1-3-16-14-10-17-13(9-18-14)15(20)19-8-12-7-5-4-6-11(12)2/h9-12H,3-8H2,1-2H3,(H,16,18)(H,19,20). The van der Waals surface area contributed by atoms with Gasteiger partial charge in [0.05, 0.1) is 12.4 Å². The second-order valence-corrected chi connectivity index (χ2v) is 5.55. The van der Waals surface area contributed by atoms with Gasteiger partial charge in [0.1, 0.15) is 11.5 Å². The highest BCUT2D eigenvalue weighted by Gasteiger charge is 2.22. The van der Waals surface area contributed by atoms with Gasteiger partial charge >= 0.3 is 0 Å². The molecule has 5 nitrogen and oxygen atoms in total. The molecule has 1 fully saturated rings. The topological polar surface area (TPSA) is 66.9 Å².